The minimum Gasteiger partial charge on any atom is -0.369 e. The molecule has 8 heteroatoms. The lowest BCUT2D eigenvalue weighted by atomic mass is 9.96. The molecule has 0 aliphatic rings. The zero-order chi connectivity index (χ0) is 24.3. The highest BCUT2D eigenvalue weighted by molar-refractivity contribution is 6.06. The van der Waals surface area contributed by atoms with Gasteiger partial charge in [0, 0.05) is 59.2 Å². The fraction of sp³-hybridized carbons (Fsp3) is 0.217. The molecular formula is C23H23N7O. The molecule has 0 bridgehead atoms. The Balaban J connectivity index is 1.54. The number of aromatic nitrogens is 5. The van der Waals surface area contributed by atoms with Crippen LogP contribution in [0.5, 0.6) is 0 Å². The third-order valence-corrected chi connectivity index (χ3v) is 5.02. The average molecular weight is 417 g/mol. The van der Waals surface area contributed by atoms with Crippen molar-refractivity contribution in [3.8, 4) is 11.3 Å². The molecule has 31 heavy (non-hydrogen) atoms. The van der Waals surface area contributed by atoms with Gasteiger partial charge in [-0.1, -0.05) is 25.1 Å². The first-order chi connectivity index (χ1) is 16.2. The van der Waals surface area contributed by atoms with Gasteiger partial charge < -0.3 is 10.6 Å². The van der Waals surface area contributed by atoms with E-state index in [2.05, 4.69) is 30.2 Å². The maximum atomic E-state index is 12.5. The van der Waals surface area contributed by atoms with Crippen molar-refractivity contribution < 1.29 is 8.91 Å². The predicted molar refractivity (Wildman–Crippen MR) is 120 cm³/mol. The molecule has 1 aromatic carbocycles. The summed E-state index contributed by atoms with van der Waals surface area (Å²) in [7, 11) is 0. The van der Waals surface area contributed by atoms with E-state index in [0.29, 0.717) is 34.8 Å². The van der Waals surface area contributed by atoms with Gasteiger partial charge in [0.15, 0.2) is 0 Å². The van der Waals surface area contributed by atoms with Gasteiger partial charge in [-0.15, -0.1) is 0 Å². The highest BCUT2D eigenvalue weighted by Gasteiger charge is 2.15. The molecule has 4 rings (SSSR count). The monoisotopic (exact) mass is 416 g/mol. The van der Waals surface area contributed by atoms with Crippen LogP contribution in [0.2, 0.25) is 0 Å². The third kappa shape index (κ3) is 4.32. The van der Waals surface area contributed by atoms with Crippen LogP contribution in [0.1, 0.15) is 38.7 Å². The second kappa shape index (κ2) is 8.83. The van der Waals surface area contributed by atoms with E-state index in [1.807, 2.05) is 37.4 Å². The molecule has 4 aromatic rings. The molecule has 0 aliphatic carbocycles. The van der Waals surface area contributed by atoms with Crippen LogP contribution in [0, 0.1) is 6.92 Å². The van der Waals surface area contributed by atoms with Crippen LogP contribution in [0.25, 0.3) is 22.2 Å². The molecule has 0 aliphatic heterocycles. The lowest BCUT2D eigenvalue weighted by Crippen LogP contribution is -2.18. The van der Waals surface area contributed by atoms with E-state index in [1.165, 1.54) is 18.6 Å². The third-order valence-electron chi connectivity index (χ3n) is 5.02. The van der Waals surface area contributed by atoms with Crippen molar-refractivity contribution in [1.82, 2.24) is 30.2 Å². The minimum atomic E-state index is -2.57. The Morgan fingerprint density at radius 1 is 1.13 bits per heavy atom. The number of hydrogen-bond donors (Lipinski definition) is 2. The van der Waals surface area contributed by atoms with E-state index in [0.717, 1.165) is 11.1 Å². The number of anilines is 1. The summed E-state index contributed by atoms with van der Waals surface area (Å²) >= 11 is 0. The number of para-hydroxylation sites is 1. The molecule has 0 spiro atoms. The highest BCUT2D eigenvalue weighted by Crippen LogP contribution is 2.27. The second-order valence-electron chi connectivity index (χ2n) is 7.15. The molecule has 3 heterocycles. The summed E-state index contributed by atoms with van der Waals surface area (Å²) in [5.41, 5.74) is 3.35. The first-order valence-corrected chi connectivity index (χ1v) is 9.76. The molecule has 1 atom stereocenters. The second-order valence-corrected chi connectivity index (χ2v) is 7.15. The van der Waals surface area contributed by atoms with Crippen LogP contribution in [-0.4, -0.2) is 44.3 Å². The van der Waals surface area contributed by atoms with Crippen LogP contribution < -0.4 is 10.6 Å². The van der Waals surface area contributed by atoms with Crippen LogP contribution in [0.15, 0.2) is 55.2 Å². The van der Waals surface area contributed by atoms with Crippen molar-refractivity contribution in [2.75, 3.05) is 18.8 Å². The largest absolute Gasteiger partial charge is 0.369 e. The van der Waals surface area contributed by atoms with Gasteiger partial charge in [0.1, 0.15) is 18.0 Å². The van der Waals surface area contributed by atoms with E-state index in [1.54, 1.807) is 18.5 Å². The van der Waals surface area contributed by atoms with Crippen molar-refractivity contribution in [1.29, 1.82) is 0 Å². The minimum absolute atomic E-state index is 0.0123. The van der Waals surface area contributed by atoms with Crippen molar-refractivity contribution in [2.45, 2.75) is 19.8 Å². The molecule has 1 amide bonds. The Bertz CT molecular complexity index is 1330. The number of carbonyl (C=O) groups excluding carboxylic acids is 1. The standard InChI is InChI=1S/C23H23N7O/c1-14(17-5-4-6-18-19(23(31)24-3)7-8-25-22(17)18)10-28-21-9-20(29-13-30-21)16-11-26-15(2)27-12-16/h4-9,11-14H,10H2,1-3H3,(H,24,31)(H,28,29,30)/t14-/m1/s1/i3D3. The van der Waals surface area contributed by atoms with Crippen molar-refractivity contribution in [2.24, 2.45) is 0 Å². The molecule has 0 saturated heterocycles. The first kappa shape index (κ1) is 16.8. The normalized spacial score (nSPS) is 13.7. The summed E-state index contributed by atoms with van der Waals surface area (Å²) in [5, 5.41) is 5.96. The summed E-state index contributed by atoms with van der Waals surface area (Å²) < 4.78 is 21.9. The van der Waals surface area contributed by atoms with Gasteiger partial charge in [0.2, 0.25) is 0 Å². The van der Waals surface area contributed by atoms with Crippen molar-refractivity contribution >= 4 is 22.6 Å². The first-order valence-electron chi connectivity index (χ1n) is 11.3. The van der Waals surface area contributed by atoms with Gasteiger partial charge in [-0.05, 0) is 18.6 Å². The van der Waals surface area contributed by atoms with Crippen LogP contribution >= 0.6 is 0 Å². The summed E-state index contributed by atoms with van der Waals surface area (Å²) in [6, 6.07) is 8.90. The Kier molecular flexibility index (Phi) is 4.79. The van der Waals surface area contributed by atoms with Gasteiger partial charge >= 0.3 is 0 Å². The lowest BCUT2D eigenvalue weighted by molar-refractivity contribution is 0.0964. The molecular weight excluding hydrogens is 390 g/mol. The fourth-order valence-corrected chi connectivity index (χ4v) is 3.37. The number of pyridine rings is 1. The van der Waals surface area contributed by atoms with Gasteiger partial charge in [0.25, 0.3) is 5.91 Å². The number of hydrogen-bond acceptors (Lipinski definition) is 7. The summed E-state index contributed by atoms with van der Waals surface area (Å²) in [6.07, 6.45) is 6.44. The molecule has 3 aromatic heterocycles. The number of benzene rings is 1. The molecule has 156 valence electrons. The highest BCUT2D eigenvalue weighted by atomic mass is 16.1. The van der Waals surface area contributed by atoms with Crippen molar-refractivity contribution in [3.63, 3.8) is 0 Å². The van der Waals surface area contributed by atoms with E-state index in [-0.39, 0.29) is 11.5 Å². The topological polar surface area (TPSA) is 106 Å². The number of nitrogens with zero attached hydrogens (tertiary/aromatic N) is 5. The van der Waals surface area contributed by atoms with E-state index in [9.17, 15) is 4.79 Å². The van der Waals surface area contributed by atoms with E-state index < -0.39 is 12.9 Å². The van der Waals surface area contributed by atoms with Crippen LogP contribution in [0.3, 0.4) is 0 Å². The molecule has 0 unspecified atom stereocenters. The van der Waals surface area contributed by atoms with Crippen molar-refractivity contribution in [3.05, 3.63) is 72.2 Å². The van der Waals surface area contributed by atoms with Crippen LogP contribution in [0.4, 0.5) is 5.82 Å². The Morgan fingerprint density at radius 2 is 1.97 bits per heavy atom. The number of nitrogens with one attached hydrogen (secondary N) is 2. The van der Waals surface area contributed by atoms with Crippen LogP contribution in [-0.2, 0) is 0 Å². The van der Waals surface area contributed by atoms with Gasteiger partial charge in [-0.3, -0.25) is 9.78 Å². The fourth-order valence-electron chi connectivity index (χ4n) is 3.37. The Morgan fingerprint density at radius 3 is 2.77 bits per heavy atom. The molecule has 2 N–H and O–H groups in total. The predicted octanol–water partition coefficient (Wildman–Crippen LogP) is 3.37. The lowest BCUT2D eigenvalue weighted by Gasteiger charge is -2.16. The summed E-state index contributed by atoms with van der Waals surface area (Å²) in [4.78, 5) is 34.0. The summed E-state index contributed by atoms with van der Waals surface area (Å²) in [5.74, 6) is 0.693. The number of amides is 1. The zero-order valence-corrected chi connectivity index (χ0v) is 17.1. The maximum absolute atomic E-state index is 12.5. The van der Waals surface area contributed by atoms with E-state index in [4.69, 9.17) is 4.11 Å². The van der Waals surface area contributed by atoms with Gasteiger partial charge in [-0.25, -0.2) is 19.9 Å². The quantitative estimate of drug-likeness (QED) is 0.496. The average Bonchev–Trinajstić information content (AvgIpc) is 2.81. The number of carbonyl (C=O) groups is 1. The molecule has 8 nitrogen and oxygen atoms in total. The number of aryl methyl sites for hydroxylation is 1. The Hall–Kier alpha value is -3.94. The molecule has 0 radical (unpaired) electrons. The molecule has 0 fully saturated rings. The number of rotatable bonds is 6. The van der Waals surface area contributed by atoms with Gasteiger partial charge in [-0.2, -0.15) is 0 Å². The van der Waals surface area contributed by atoms with E-state index >= 15 is 0 Å². The maximum Gasteiger partial charge on any atom is 0.251 e. The number of fused-ring (bicyclic) bond motifs is 1. The molecule has 0 saturated carbocycles. The smallest absolute Gasteiger partial charge is 0.251 e. The summed E-state index contributed by atoms with van der Waals surface area (Å²) in [6.45, 7) is 1.84. The Labute approximate surface area is 184 Å². The zero-order valence-electron chi connectivity index (χ0n) is 20.1. The SMILES string of the molecule is [2H]C([2H])([2H])NC(=O)c1ccnc2c([C@H](C)CNc3cc(-c4cnc(C)nc4)ncn3)cccc12. The van der Waals surface area contributed by atoms with Gasteiger partial charge in [0.05, 0.1) is 16.8 Å².